The van der Waals surface area contributed by atoms with Gasteiger partial charge in [-0.2, -0.15) is 0 Å². The maximum Gasteiger partial charge on any atom is 0.257 e. The first-order valence-corrected chi connectivity index (χ1v) is 11.0. The van der Waals surface area contributed by atoms with Gasteiger partial charge in [0.05, 0.1) is 4.91 Å². The minimum Gasteiger partial charge on any atom is -0.486 e. The Balaban J connectivity index is 1.38. The van der Waals surface area contributed by atoms with Gasteiger partial charge in [-0.05, 0) is 60.2 Å². The number of fused-ring (bicyclic) bond motifs is 1. The fraction of sp³-hybridized carbons (Fsp3) is 0.167. The Kier molecular flexibility index (Phi) is 4.71. The first-order valence-electron chi connectivity index (χ1n) is 9.84. The van der Waals surface area contributed by atoms with E-state index >= 15 is 0 Å². The Hall–Kier alpha value is -3.25. The second-order valence-electron chi connectivity index (χ2n) is 7.47. The van der Waals surface area contributed by atoms with Crippen molar-refractivity contribution >= 4 is 21.8 Å². The number of nitrogens with zero attached hydrogens (tertiary/aromatic N) is 1. The number of rotatable bonds is 4. The number of nitrogens with one attached hydrogen (secondary N) is 1. The van der Waals surface area contributed by atoms with Crippen molar-refractivity contribution in [3.63, 3.8) is 0 Å². The standard InChI is InChI=1S/C24H20N2O3S/c1-15-5-6-17(14-25-15)19-3-2-4-21-20(19)11-12-22(21)29-18-9-7-16(8-10-18)23-13-24(27)26-30(23)28/h2-10,13-14,22H,11-12H2,1H3,(H,26,27)/t22-,30?/m1/s1. The minimum absolute atomic E-state index is 0.00715. The smallest absolute Gasteiger partial charge is 0.257 e. The summed E-state index contributed by atoms with van der Waals surface area (Å²) in [4.78, 5) is 16.3. The van der Waals surface area contributed by atoms with Crippen molar-refractivity contribution in [2.24, 2.45) is 0 Å². The first-order chi connectivity index (χ1) is 14.6. The summed E-state index contributed by atoms with van der Waals surface area (Å²) < 4.78 is 20.6. The van der Waals surface area contributed by atoms with E-state index in [1.54, 1.807) is 0 Å². The quantitative estimate of drug-likeness (QED) is 0.690. The van der Waals surface area contributed by atoms with Crippen LogP contribution in [-0.4, -0.2) is 15.1 Å². The Morgan fingerprint density at radius 2 is 1.87 bits per heavy atom. The highest BCUT2D eigenvalue weighted by Gasteiger charge is 2.27. The molecule has 0 saturated carbocycles. The summed E-state index contributed by atoms with van der Waals surface area (Å²) in [5.41, 5.74) is 6.64. The molecule has 5 nitrogen and oxygen atoms in total. The number of carbonyl (C=O) groups is 1. The van der Waals surface area contributed by atoms with Crippen molar-refractivity contribution in [2.75, 3.05) is 0 Å². The van der Waals surface area contributed by atoms with Crippen molar-refractivity contribution < 1.29 is 13.7 Å². The van der Waals surface area contributed by atoms with E-state index in [4.69, 9.17) is 4.74 Å². The maximum atomic E-state index is 11.9. The lowest BCUT2D eigenvalue weighted by Crippen LogP contribution is -2.16. The summed E-state index contributed by atoms with van der Waals surface area (Å²) in [5.74, 6) is 0.425. The Morgan fingerprint density at radius 3 is 2.57 bits per heavy atom. The van der Waals surface area contributed by atoms with Crippen molar-refractivity contribution in [3.8, 4) is 16.9 Å². The molecule has 2 aliphatic rings. The van der Waals surface area contributed by atoms with Gasteiger partial charge >= 0.3 is 0 Å². The van der Waals surface area contributed by atoms with Crippen LogP contribution in [-0.2, 0) is 22.2 Å². The van der Waals surface area contributed by atoms with Gasteiger partial charge in [-0.1, -0.05) is 36.4 Å². The van der Waals surface area contributed by atoms with E-state index in [0.29, 0.717) is 4.91 Å². The molecule has 0 saturated heterocycles. The number of benzene rings is 2. The molecule has 1 aliphatic carbocycles. The highest BCUT2D eigenvalue weighted by Crippen LogP contribution is 2.40. The van der Waals surface area contributed by atoms with E-state index in [1.165, 1.54) is 22.8 Å². The lowest BCUT2D eigenvalue weighted by Gasteiger charge is -2.16. The molecular weight excluding hydrogens is 396 g/mol. The molecule has 150 valence electrons. The normalized spacial score (nSPS) is 19.9. The summed E-state index contributed by atoms with van der Waals surface area (Å²) in [6.07, 6.45) is 5.18. The maximum absolute atomic E-state index is 11.9. The topological polar surface area (TPSA) is 68.3 Å². The third-order valence-corrected chi connectivity index (χ3v) is 6.65. The van der Waals surface area contributed by atoms with Crippen molar-refractivity contribution in [1.82, 2.24) is 9.71 Å². The average molecular weight is 417 g/mol. The number of aryl methyl sites for hydroxylation is 1. The largest absolute Gasteiger partial charge is 0.486 e. The predicted molar refractivity (Wildman–Crippen MR) is 117 cm³/mol. The summed E-state index contributed by atoms with van der Waals surface area (Å²) in [5, 5.41) is 0. The van der Waals surface area contributed by atoms with Crippen LogP contribution < -0.4 is 9.46 Å². The van der Waals surface area contributed by atoms with Gasteiger partial charge in [0.15, 0.2) is 11.0 Å². The van der Waals surface area contributed by atoms with Gasteiger partial charge in [-0.3, -0.25) is 14.5 Å². The van der Waals surface area contributed by atoms with Crippen LogP contribution in [0.4, 0.5) is 0 Å². The van der Waals surface area contributed by atoms with Crippen LogP contribution in [0.25, 0.3) is 16.0 Å². The van der Waals surface area contributed by atoms with Gasteiger partial charge in [0, 0.05) is 23.5 Å². The second-order valence-corrected chi connectivity index (χ2v) is 8.66. The Morgan fingerprint density at radius 1 is 1.07 bits per heavy atom. The summed E-state index contributed by atoms with van der Waals surface area (Å²) in [7, 11) is -1.49. The lowest BCUT2D eigenvalue weighted by molar-refractivity contribution is -0.114. The molecule has 0 spiro atoms. The second kappa shape index (κ2) is 7.54. The van der Waals surface area contributed by atoms with Crippen molar-refractivity contribution in [1.29, 1.82) is 0 Å². The molecule has 1 N–H and O–H groups in total. The zero-order chi connectivity index (χ0) is 20.7. The van der Waals surface area contributed by atoms with Gasteiger partial charge in [0.1, 0.15) is 11.9 Å². The van der Waals surface area contributed by atoms with Crippen LogP contribution in [0.1, 0.15) is 34.9 Å². The Labute approximate surface area is 177 Å². The molecule has 1 aliphatic heterocycles. The lowest BCUT2D eigenvalue weighted by atomic mass is 9.97. The summed E-state index contributed by atoms with van der Waals surface area (Å²) >= 11 is 0. The zero-order valence-corrected chi connectivity index (χ0v) is 17.2. The van der Waals surface area contributed by atoms with E-state index in [-0.39, 0.29) is 12.0 Å². The molecule has 0 fully saturated rings. The number of hydrogen-bond donors (Lipinski definition) is 1. The molecule has 5 rings (SSSR count). The molecule has 1 amide bonds. The molecule has 0 radical (unpaired) electrons. The SMILES string of the molecule is Cc1ccc(-c2cccc3c2CC[C@H]3Oc2ccc(C3=CC(=O)NS3=O)cc2)cn1. The van der Waals surface area contributed by atoms with Gasteiger partial charge < -0.3 is 4.74 Å². The van der Waals surface area contributed by atoms with Crippen LogP contribution in [0.3, 0.4) is 0 Å². The molecule has 30 heavy (non-hydrogen) atoms. The van der Waals surface area contributed by atoms with E-state index in [9.17, 15) is 9.00 Å². The number of pyridine rings is 1. The third kappa shape index (κ3) is 3.44. The number of carbonyl (C=O) groups excluding carboxylic acids is 1. The van der Waals surface area contributed by atoms with Gasteiger partial charge in [0.25, 0.3) is 5.91 Å². The Bertz CT molecular complexity index is 1180. The molecule has 2 atom stereocenters. The summed E-state index contributed by atoms with van der Waals surface area (Å²) in [6, 6.07) is 17.9. The molecule has 3 aromatic rings. The van der Waals surface area contributed by atoms with Crippen LogP contribution >= 0.6 is 0 Å². The molecule has 1 aromatic heterocycles. The monoisotopic (exact) mass is 416 g/mol. The van der Waals surface area contributed by atoms with Crippen LogP contribution in [0.5, 0.6) is 5.75 Å². The molecule has 0 bridgehead atoms. The molecule has 6 heteroatoms. The number of ether oxygens (including phenoxy) is 1. The third-order valence-electron chi connectivity index (χ3n) is 5.51. The number of hydrogen-bond acceptors (Lipinski definition) is 4. The van der Waals surface area contributed by atoms with Gasteiger partial charge in [-0.25, -0.2) is 4.21 Å². The van der Waals surface area contributed by atoms with E-state index < -0.39 is 11.0 Å². The van der Waals surface area contributed by atoms with Crippen LogP contribution in [0.2, 0.25) is 0 Å². The molecule has 2 heterocycles. The average Bonchev–Trinajstić information content (AvgIpc) is 3.31. The first kappa shape index (κ1) is 18.8. The van der Waals surface area contributed by atoms with Crippen molar-refractivity contribution in [3.05, 3.63) is 89.3 Å². The van der Waals surface area contributed by atoms with Crippen molar-refractivity contribution in [2.45, 2.75) is 25.9 Å². The summed E-state index contributed by atoms with van der Waals surface area (Å²) in [6.45, 7) is 1.99. The highest BCUT2D eigenvalue weighted by atomic mass is 32.2. The predicted octanol–water partition coefficient (Wildman–Crippen LogP) is 4.26. The highest BCUT2D eigenvalue weighted by molar-refractivity contribution is 7.93. The fourth-order valence-electron chi connectivity index (χ4n) is 4.04. The molecule has 1 unspecified atom stereocenters. The van der Waals surface area contributed by atoms with Gasteiger partial charge in [-0.15, -0.1) is 0 Å². The van der Waals surface area contributed by atoms with Crippen LogP contribution in [0.15, 0.2) is 66.9 Å². The fourth-order valence-corrected chi connectivity index (χ4v) is 4.95. The number of aromatic nitrogens is 1. The molecular formula is C24H20N2O3S. The van der Waals surface area contributed by atoms with E-state index in [0.717, 1.165) is 35.4 Å². The van der Waals surface area contributed by atoms with Crippen LogP contribution in [0, 0.1) is 6.92 Å². The van der Waals surface area contributed by atoms with E-state index in [2.05, 4.69) is 34.0 Å². The molecule has 2 aromatic carbocycles. The minimum atomic E-state index is -1.49. The zero-order valence-electron chi connectivity index (χ0n) is 16.4. The van der Waals surface area contributed by atoms with E-state index in [1.807, 2.05) is 43.5 Å². The number of amides is 1. The van der Waals surface area contributed by atoms with Gasteiger partial charge in [0.2, 0.25) is 0 Å².